The number of halogens is 3. The molecule has 27 heavy (non-hydrogen) atoms. The summed E-state index contributed by atoms with van der Waals surface area (Å²) >= 11 is 5.88. The van der Waals surface area contributed by atoms with Crippen LogP contribution in [0.15, 0.2) is 48.5 Å². The van der Waals surface area contributed by atoms with Gasteiger partial charge in [0.25, 0.3) is 5.92 Å². The Hall–Kier alpha value is -1.98. The minimum absolute atomic E-state index is 0.0466. The summed E-state index contributed by atoms with van der Waals surface area (Å²) in [5, 5.41) is 0.618. The fourth-order valence-electron chi connectivity index (χ4n) is 3.33. The Bertz CT molecular complexity index is 785. The highest BCUT2D eigenvalue weighted by molar-refractivity contribution is 6.30. The molecular weight excluding hydrogens is 370 g/mol. The summed E-state index contributed by atoms with van der Waals surface area (Å²) in [6.07, 6.45) is 1.31. The van der Waals surface area contributed by atoms with Crippen molar-refractivity contribution in [2.45, 2.75) is 31.7 Å². The monoisotopic (exact) mass is 392 g/mol. The summed E-state index contributed by atoms with van der Waals surface area (Å²) in [7, 11) is 0. The van der Waals surface area contributed by atoms with Gasteiger partial charge in [0.1, 0.15) is 5.92 Å². The van der Waals surface area contributed by atoms with Gasteiger partial charge >= 0.3 is 0 Å². The van der Waals surface area contributed by atoms with E-state index in [0.29, 0.717) is 31.0 Å². The van der Waals surface area contributed by atoms with Gasteiger partial charge in [0, 0.05) is 29.7 Å². The molecular formula is C21H23ClF2N2O. The van der Waals surface area contributed by atoms with E-state index in [0.717, 1.165) is 11.1 Å². The lowest BCUT2D eigenvalue weighted by Crippen LogP contribution is -2.47. The number of rotatable bonds is 4. The van der Waals surface area contributed by atoms with Crippen LogP contribution in [0.3, 0.4) is 0 Å². The molecule has 1 amide bonds. The Morgan fingerprint density at radius 3 is 2.07 bits per heavy atom. The maximum atomic E-state index is 14.9. The molecule has 2 N–H and O–H groups in total. The molecule has 1 fully saturated rings. The zero-order valence-corrected chi connectivity index (χ0v) is 15.9. The lowest BCUT2D eigenvalue weighted by atomic mass is 9.92. The summed E-state index contributed by atoms with van der Waals surface area (Å²) < 4.78 is 29.9. The number of benzene rings is 2. The molecule has 3 nitrogen and oxygen atoms in total. The van der Waals surface area contributed by atoms with Gasteiger partial charge in [0.15, 0.2) is 0 Å². The molecule has 0 radical (unpaired) electrons. The van der Waals surface area contributed by atoms with Gasteiger partial charge in [0.2, 0.25) is 5.91 Å². The topological polar surface area (TPSA) is 46.3 Å². The molecule has 0 saturated carbocycles. The number of likely N-dealkylation sites (tertiary alicyclic amines) is 1. The second kappa shape index (κ2) is 7.95. The van der Waals surface area contributed by atoms with Crippen molar-refractivity contribution in [3.63, 3.8) is 0 Å². The zero-order valence-electron chi connectivity index (χ0n) is 15.2. The van der Waals surface area contributed by atoms with Gasteiger partial charge in [-0.15, -0.1) is 0 Å². The first-order valence-electron chi connectivity index (χ1n) is 9.07. The van der Waals surface area contributed by atoms with Gasteiger partial charge in [-0.05, 0) is 43.0 Å². The van der Waals surface area contributed by atoms with Crippen LogP contribution in [-0.4, -0.2) is 29.9 Å². The van der Waals surface area contributed by atoms with Crippen molar-refractivity contribution < 1.29 is 13.6 Å². The number of amides is 1. The summed E-state index contributed by atoms with van der Waals surface area (Å²) in [4.78, 5) is 14.0. The Morgan fingerprint density at radius 2 is 1.56 bits per heavy atom. The average molecular weight is 393 g/mol. The predicted molar refractivity (Wildman–Crippen MR) is 104 cm³/mol. The lowest BCUT2D eigenvalue weighted by Gasteiger charge is -2.34. The Balaban J connectivity index is 1.75. The maximum absolute atomic E-state index is 14.9. The SMILES string of the molecule is C[C@@H](C(=O)N1CCC(N)CC1)C(F)(F)c1ccc(-c2ccc(Cl)cc2)cc1. The highest BCUT2D eigenvalue weighted by Crippen LogP contribution is 2.38. The largest absolute Gasteiger partial charge is 0.342 e. The normalized spacial score (nSPS) is 17.0. The molecule has 0 spiro atoms. The van der Waals surface area contributed by atoms with E-state index in [1.807, 2.05) is 12.1 Å². The first-order chi connectivity index (χ1) is 12.8. The predicted octanol–water partition coefficient (Wildman–Crippen LogP) is 4.68. The quantitative estimate of drug-likeness (QED) is 0.820. The van der Waals surface area contributed by atoms with Crippen LogP contribution >= 0.6 is 11.6 Å². The van der Waals surface area contributed by atoms with Crippen molar-refractivity contribution in [2.24, 2.45) is 11.7 Å². The van der Waals surface area contributed by atoms with Gasteiger partial charge < -0.3 is 10.6 Å². The summed E-state index contributed by atoms with van der Waals surface area (Å²) in [6, 6.07) is 13.3. The van der Waals surface area contributed by atoms with E-state index in [1.54, 1.807) is 24.3 Å². The van der Waals surface area contributed by atoms with E-state index in [2.05, 4.69) is 0 Å². The molecule has 6 heteroatoms. The van der Waals surface area contributed by atoms with Crippen LogP contribution in [-0.2, 0) is 10.7 Å². The number of nitrogens with zero attached hydrogens (tertiary/aromatic N) is 1. The molecule has 1 atom stereocenters. The van der Waals surface area contributed by atoms with Crippen molar-refractivity contribution in [1.82, 2.24) is 4.90 Å². The third-order valence-corrected chi connectivity index (χ3v) is 5.46. The highest BCUT2D eigenvalue weighted by Gasteiger charge is 2.44. The summed E-state index contributed by atoms with van der Waals surface area (Å²) in [6.45, 7) is 2.18. The van der Waals surface area contributed by atoms with Crippen LogP contribution in [0, 0.1) is 5.92 Å². The third kappa shape index (κ3) is 4.30. The van der Waals surface area contributed by atoms with Crippen LogP contribution in [0.25, 0.3) is 11.1 Å². The van der Waals surface area contributed by atoms with Crippen molar-refractivity contribution in [3.8, 4) is 11.1 Å². The average Bonchev–Trinajstić information content (AvgIpc) is 2.68. The summed E-state index contributed by atoms with van der Waals surface area (Å²) in [5.74, 6) is -5.18. The first kappa shape index (κ1) is 19.8. The number of piperidine rings is 1. The first-order valence-corrected chi connectivity index (χ1v) is 9.45. The second-order valence-electron chi connectivity index (χ2n) is 7.09. The molecule has 0 unspecified atom stereocenters. The number of carbonyl (C=O) groups excluding carboxylic acids is 1. The van der Waals surface area contributed by atoms with Crippen LogP contribution in [0.2, 0.25) is 5.02 Å². The standard InChI is InChI=1S/C21H23ClF2N2O/c1-14(20(27)26-12-10-19(25)11-13-26)21(23,24)17-6-2-15(3-7-17)16-4-8-18(22)9-5-16/h2-9,14,19H,10-13,25H2,1H3/t14-/m0/s1. The van der Waals surface area contributed by atoms with E-state index in [1.165, 1.54) is 24.0 Å². The fraction of sp³-hybridized carbons (Fsp3) is 0.381. The van der Waals surface area contributed by atoms with Crippen molar-refractivity contribution in [3.05, 3.63) is 59.1 Å². The van der Waals surface area contributed by atoms with Gasteiger partial charge in [-0.1, -0.05) is 48.0 Å². The lowest BCUT2D eigenvalue weighted by molar-refractivity contribution is -0.151. The molecule has 1 heterocycles. The van der Waals surface area contributed by atoms with E-state index in [-0.39, 0.29) is 11.6 Å². The molecule has 1 aliphatic rings. The molecule has 1 aliphatic heterocycles. The van der Waals surface area contributed by atoms with Gasteiger partial charge in [-0.25, -0.2) is 8.78 Å². The number of nitrogens with two attached hydrogens (primary N) is 1. The van der Waals surface area contributed by atoms with Gasteiger partial charge in [0.05, 0.1) is 0 Å². The molecule has 0 bridgehead atoms. The Labute approximate surface area is 163 Å². The van der Waals surface area contributed by atoms with Crippen LogP contribution < -0.4 is 5.73 Å². The van der Waals surface area contributed by atoms with Crippen molar-refractivity contribution >= 4 is 17.5 Å². The van der Waals surface area contributed by atoms with Crippen LogP contribution in [0.1, 0.15) is 25.3 Å². The van der Waals surface area contributed by atoms with Crippen molar-refractivity contribution in [1.29, 1.82) is 0 Å². The van der Waals surface area contributed by atoms with Crippen LogP contribution in [0.4, 0.5) is 8.78 Å². The number of hydrogen-bond acceptors (Lipinski definition) is 2. The summed E-state index contributed by atoms with van der Waals surface area (Å²) in [5.41, 5.74) is 7.38. The molecule has 0 aliphatic carbocycles. The molecule has 3 rings (SSSR count). The maximum Gasteiger partial charge on any atom is 0.284 e. The second-order valence-corrected chi connectivity index (χ2v) is 7.53. The molecule has 1 saturated heterocycles. The number of alkyl halides is 2. The van der Waals surface area contributed by atoms with E-state index in [4.69, 9.17) is 17.3 Å². The molecule has 2 aromatic rings. The molecule has 144 valence electrons. The number of carbonyl (C=O) groups is 1. The highest BCUT2D eigenvalue weighted by atomic mass is 35.5. The van der Waals surface area contributed by atoms with E-state index < -0.39 is 17.7 Å². The number of hydrogen-bond donors (Lipinski definition) is 1. The fourth-order valence-corrected chi connectivity index (χ4v) is 3.45. The smallest absolute Gasteiger partial charge is 0.284 e. The zero-order chi connectivity index (χ0) is 19.6. The van der Waals surface area contributed by atoms with E-state index in [9.17, 15) is 13.6 Å². The van der Waals surface area contributed by atoms with Gasteiger partial charge in [-0.3, -0.25) is 4.79 Å². The minimum Gasteiger partial charge on any atom is -0.342 e. The van der Waals surface area contributed by atoms with Crippen molar-refractivity contribution in [2.75, 3.05) is 13.1 Å². The molecule has 0 aromatic heterocycles. The third-order valence-electron chi connectivity index (χ3n) is 5.21. The van der Waals surface area contributed by atoms with Crippen LogP contribution in [0.5, 0.6) is 0 Å². The Morgan fingerprint density at radius 1 is 1.07 bits per heavy atom. The Kier molecular flexibility index (Phi) is 5.82. The minimum atomic E-state index is -3.24. The van der Waals surface area contributed by atoms with Gasteiger partial charge in [-0.2, -0.15) is 0 Å². The van der Waals surface area contributed by atoms with E-state index >= 15 is 0 Å². The molecule has 2 aromatic carbocycles.